The minimum Gasteiger partial charge on any atom is -0.461 e. The first-order chi connectivity index (χ1) is 21.5. The molecule has 6 nitrogen and oxygen atoms in total. The Morgan fingerprint density at radius 3 is 1.80 bits per heavy atom. The highest BCUT2D eigenvalue weighted by Crippen LogP contribution is 2.39. The van der Waals surface area contributed by atoms with Crippen molar-refractivity contribution in [1.82, 2.24) is 0 Å². The molecule has 1 aliphatic rings. The lowest BCUT2D eigenvalue weighted by Crippen LogP contribution is -2.45. The molecule has 0 aromatic rings. The first-order valence-electron chi connectivity index (χ1n) is 17.6. The van der Waals surface area contributed by atoms with Crippen LogP contribution in [0.1, 0.15) is 162 Å². The van der Waals surface area contributed by atoms with Gasteiger partial charge in [-0.15, -0.1) is 0 Å². The van der Waals surface area contributed by atoms with Gasteiger partial charge < -0.3 is 4.74 Å². The number of hydrogen-bond acceptors (Lipinski definition) is 6. The molecule has 1 aliphatic carbocycles. The van der Waals surface area contributed by atoms with Crippen molar-refractivity contribution in [2.45, 2.75) is 168 Å². The molecule has 6 heteroatoms. The lowest BCUT2D eigenvalue weighted by molar-refractivity contribution is -0.268. The van der Waals surface area contributed by atoms with Crippen LogP contribution in [-0.4, -0.2) is 24.0 Å². The molecule has 0 amide bonds. The molecule has 0 saturated heterocycles. The maximum Gasteiger partial charge on any atom is 0.369 e. The largest absolute Gasteiger partial charge is 0.461 e. The topological polar surface area (TPSA) is 78.9 Å². The quantitative estimate of drug-likeness (QED) is 0.0397. The molecule has 44 heavy (non-hydrogen) atoms. The summed E-state index contributed by atoms with van der Waals surface area (Å²) in [6, 6.07) is 0. The van der Waals surface area contributed by atoms with E-state index >= 15 is 0 Å². The van der Waals surface area contributed by atoms with Gasteiger partial charge >= 0.3 is 17.9 Å². The van der Waals surface area contributed by atoms with Gasteiger partial charge in [0.05, 0.1) is 6.42 Å². The van der Waals surface area contributed by atoms with Crippen molar-refractivity contribution < 1.29 is 28.9 Å². The fraction of sp³-hybridized carbons (Fsp3) is 0.711. The minimum absolute atomic E-state index is 0.206. The summed E-state index contributed by atoms with van der Waals surface area (Å²) in [5.74, 6) is -1.44. The molecule has 0 radical (unpaired) electrons. The van der Waals surface area contributed by atoms with Crippen LogP contribution >= 0.6 is 0 Å². The van der Waals surface area contributed by atoms with Crippen LogP contribution in [0.15, 0.2) is 48.6 Å². The number of carbonyl (C=O) groups is 3. The van der Waals surface area contributed by atoms with E-state index in [4.69, 9.17) is 14.5 Å². The number of esters is 1. The molecule has 0 N–H and O–H groups in total. The molecular weight excluding hydrogens is 552 g/mol. The van der Waals surface area contributed by atoms with Gasteiger partial charge in [0, 0.05) is 6.42 Å². The lowest BCUT2D eigenvalue weighted by atomic mass is 9.75. The Kier molecular flexibility index (Phi) is 23.9. The highest BCUT2D eigenvalue weighted by molar-refractivity contribution is 5.81. The molecule has 1 rings (SSSR count). The number of carbonyl (C=O) groups excluding carboxylic acids is 3. The summed E-state index contributed by atoms with van der Waals surface area (Å²) < 4.78 is 6.13. The van der Waals surface area contributed by atoms with E-state index < -0.39 is 23.5 Å². The second kappa shape index (κ2) is 26.7. The molecule has 0 bridgehead atoms. The van der Waals surface area contributed by atoms with Gasteiger partial charge in [-0.25, -0.2) is 19.4 Å². The Hall–Kier alpha value is -2.63. The van der Waals surface area contributed by atoms with E-state index in [1.165, 1.54) is 0 Å². The van der Waals surface area contributed by atoms with Crippen LogP contribution in [0.4, 0.5) is 0 Å². The molecule has 0 aromatic heterocycles. The number of hydrogen-bond donors (Lipinski definition) is 0. The van der Waals surface area contributed by atoms with Crippen molar-refractivity contribution in [2.75, 3.05) is 0 Å². The predicted octanol–water partition coefficient (Wildman–Crippen LogP) is 10.8. The van der Waals surface area contributed by atoms with Crippen LogP contribution in [0.3, 0.4) is 0 Å². The Morgan fingerprint density at radius 1 is 0.659 bits per heavy atom. The monoisotopic (exact) mass is 614 g/mol. The van der Waals surface area contributed by atoms with Gasteiger partial charge in [0.2, 0.25) is 0 Å². The Labute approximate surface area is 268 Å². The number of unbranched alkanes of at least 4 members (excludes halogenated alkanes) is 11. The van der Waals surface area contributed by atoms with E-state index in [0.717, 1.165) is 109 Å². The van der Waals surface area contributed by atoms with Gasteiger partial charge in [-0.1, -0.05) is 93.6 Å². The van der Waals surface area contributed by atoms with Crippen molar-refractivity contribution in [1.29, 1.82) is 0 Å². The summed E-state index contributed by atoms with van der Waals surface area (Å²) in [5.41, 5.74) is -1.18. The SMILES string of the molecule is C/C=C/CCCCCCC(=O)OOC(=O)C1(CCCCC/C=C/C)/C=C\CCCCCC1OC(=O)CCCCCC/C=C/C. The number of ether oxygens (including phenoxy) is 1. The molecule has 0 saturated carbocycles. The molecule has 2 atom stereocenters. The van der Waals surface area contributed by atoms with Gasteiger partial charge in [0.25, 0.3) is 0 Å². The molecule has 0 aromatic carbocycles. The normalized spacial score (nSPS) is 19.9. The van der Waals surface area contributed by atoms with Crippen LogP contribution in [0.25, 0.3) is 0 Å². The van der Waals surface area contributed by atoms with Crippen LogP contribution in [0.2, 0.25) is 0 Å². The Morgan fingerprint density at radius 2 is 1.20 bits per heavy atom. The van der Waals surface area contributed by atoms with Crippen molar-refractivity contribution >= 4 is 17.9 Å². The zero-order chi connectivity index (χ0) is 32.1. The fourth-order valence-corrected chi connectivity index (χ4v) is 5.68. The van der Waals surface area contributed by atoms with E-state index in [2.05, 4.69) is 36.5 Å². The molecule has 0 heterocycles. The van der Waals surface area contributed by atoms with Crippen LogP contribution in [0, 0.1) is 5.41 Å². The summed E-state index contributed by atoms with van der Waals surface area (Å²) in [6.07, 6.45) is 34.7. The highest BCUT2D eigenvalue weighted by atomic mass is 17.2. The standard InChI is InChI=1S/C38H62O6/c1-4-7-10-13-16-20-25-30-35(39)42-34-29-24-19-18-23-28-33-38(34,32-27-22-15-12-9-6-3)37(41)44-43-36(40)31-26-21-17-14-11-8-5-2/h4-9,28,33-34H,10-27,29-32H2,1-3H3/b7-4+,8-5+,9-6+,33-28-. The fourth-order valence-electron chi connectivity index (χ4n) is 5.68. The first-order valence-corrected chi connectivity index (χ1v) is 17.6. The van der Waals surface area contributed by atoms with E-state index in [0.29, 0.717) is 25.7 Å². The zero-order valence-electron chi connectivity index (χ0n) is 28.2. The molecular formula is C38H62O6. The summed E-state index contributed by atoms with van der Waals surface area (Å²) in [5, 5.41) is 0. The summed E-state index contributed by atoms with van der Waals surface area (Å²) in [6.45, 7) is 6.06. The molecule has 0 fully saturated rings. The van der Waals surface area contributed by atoms with Gasteiger partial charge in [-0.05, 0) is 104 Å². The van der Waals surface area contributed by atoms with E-state index in [1.807, 2.05) is 32.9 Å². The lowest BCUT2D eigenvalue weighted by Gasteiger charge is -2.35. The average molecular weight is 615 g/mol. The van der Waals surface area contributed by atoms with Gasteiger partial charge in [-0.3, -0.25) is 4.79 Å². The van der Waals surface area contributed by atoms with Crippen molar-refractivity contribution in [3.05, 3.63) is 48.6 Å². The summed E-state index contributed by atoms with van der Waals surface area (Å²) in [7, 11) is 0. The summed E-state index contributed by atoms with van der Waals surface area (Å²) >= 11 is 0. The van der Waals surface area contributed by atoms with Crippen LogP contribution in [-0.2, 0) is 28.9 Å². The Balaban J connectivity index is 2.92. The van der Waals surface area contributed by atoms with Crippen molar-refractivity contribution in [3.63, 3.8) is 0 Å². The summed E-state index contributed by atoms with van der Waals surface area (Å²) in [4.78, 5) is 49.8. The van der Waals surface area contributed by atoms with Crippen LogP contribution in [0.5, 0.6) is 0 Å². The molecule has 2 unspecified atom stereocenters. The second-order valence-corrected chi connectivity index (χ2v) is 12.1. The van der Waals surface area contributed by atoms with E-state index in [-0.39, 0.29) is 12.4 Å². The molecule has 250 valence electrons. The number of allylic oxidation sites excluding steroid dienone is 7. The van der Waals surface area contributed by atoms with Gasteiger partial charge in [0.15, 0.2) is 0 Å². The predicted molar refractivity (Wildman–Crippen MR) is 180 cm³/mol. The van der Waals surface area contributed by atoms with E-state index in [1.54, 1.807) is 0 Å². The van der Waals surface area contributed by atoms with Crippen LogP contribution < -0.4 is 0 Å². The highest BCUT2D eigenvalue weighted by Gasteiger charge is 2.48. The number of rotatable bonds is 22. The van der Waals surface area contributed by atoms with Gasteiger partial charge in [-0.2, -0.15) is 0 Å². The van der Waals surface area contributed by atoms with Crippen molar-refractivity contribution in [3.8, 4) is 0 Å². The van der Waals surface area contributed by atoms with Crippen molar-refractivity contribution in [2.24, 2.45) is 5.41 Å². The first kappa shape index (κ1) is 39.4. The molecule has 0 aliphatic heterocycles. The van der Waals surface area contributed by atoms with E-state index in [9.17, 15) is 14.4 Å². The second-order valence-electron chi connectivity index (χ2n) is 12.1. The molecule has 0 spiro atoms. The van der Waals surface area contributed by atoms with Gasteiger partial charge in [0.1, 0.15) is 11.5 Å². The third kappa shape index (κ3) is 18.2. The smallest absolute Gasteiger partial charge is 0.369 e. The third-order valence-electron chi connectivity index (χ3n) is 8.36. The third-order valence-corrected chi connectivity index (χ3v) is 8.36. The maximum absolute atomic E-state index is 13.9. The average Bonchev–Trinajstić information content (AvgIpc) is 3.11. The minimum atomic E-state index is -1.18. The Bertz CT molecular complexity index is 886. The zero-order valence-corrected chi connectivity index (χ0v) is 28.2. The maximum atomic E-state index is 13.9.